The van der Waals surface area contributed by atoms with E-state index in [0.717, 1.165) is 54.4 Å². The van der Waals surface area contributed by atoms with E-state index in [2.05, 4.69) is 11.0 Å². The van der Waals surface area contributed by atoms with Crippen LogP contribution in [0.4, 0.5) is 5.69 Å². The first-order chi connectivity index (χ1) is 12.7. The maximum Gasteiger partial charge on any atom is 0.255 e. The van der Waals surface area contributed by atoms with E-state index in [1.165, 1.54) is 0 Å². The van der Waals surface area contributed by atoms with Crippen molar-refractivity contribution in [2.45, 2.75) is 12.3 Å². The average molecular weight is 371 g/mol. The molecule has 136 valence electrons. The third-order valence-electron chi connectivity index (χ3n) is 5.31. The van der Waals surface area contributed by atoms with Gasteiger partial charge in [-0.15, -0.1) is 0 Å². The molecule has 2 fully saturated rings. The van der Waals surface area contributed by atoms with Crippen molar-refractivity contribution in [3.63, 3.8) is 0 Å². The molecule has 1 amide bonds. The number of ether oxygens (including phenoxy) is 1. The summed E-state index contributed by atoms with van der Waals surface area (Å²) in [6.07, 6.45) is 0.954. The Kier molecular flexibility index (Phi) is 5.14. The molecule has 0 aromatic heterocycles. The highest BCUT2D eigenvalue weighted by atomic mass is 35.5. The summed E-state index contributed by atoms with van der Waals surface area (Å²) in [4.78, 5) is 17.4. The Hall–Kier alpha value is -2.04. The van der Waals surface area contributed by atoms with Crippen molar-refractivity contribution in [3.05, 3.63) is 64.7 Å². The number of morpholine rings is 1. The minimum Gasteiger partial charge on any atom is -0.378 e. The number of para-hydroxylation sites is 1. The zero-order valence-corrected chi connectivity index (χ0v) is 15.5. The van der Waals surface area contributed by atoms with E-state index in [0.29, 0.717) is 19.1 Å². The van der Waals surface area contributed by atoms with Gasteiger partial charge in [0.25, 0.3) is 5.91 Å². The Morgan fingerprint density at radius 3 is 2.54 bits per heavy atom. The largest absolute Gasteiger partial charge is 0.378 e. The third-order valence-corrected chi connectivity index (χ3v) is 5.65. The second-order valence-electron chi connectivity index (χ2n) is 6.87. The molecule has 0 bridgehead atoms. The molecular weight excluding hydrogens is 348 g/mol. The minimum absolute atomic E-state index is 0.113. The van der Waals surface area contributed by atoms with E-state index in [-0.39, 0.29) is 5.91 Å². The number of carbonyl (C=O) groups is 1. The molecule has 2 saturated heterocycles. The van der Waals surface area contributed by atoms with Crippen LogP contribution in [0.25, 0.3) is 0 Å². The van der Waals surface area contributed by atoms with Crippen LogP contribution in [0, 0.1) is 0 Å². The first-order valence-electron chi connectivity index (χ1n) is 9.19. The van der Waals surface area contributed by atoms with Crippen LogP contribution in [-0.2, 0) is 4.74 Å². The Balaban J connectivity index is 1.53. The fraction of sp³-hybridized carbons (Fsp3) is 0.381. The van der Waals surface area contributed by atoms with Gasteiger partial charge >= 0.3 is 0 Å². The van der Waals surface area contributed by atoms with E-state index in [1.807, 2.05) is 47.4 Å². The van der Waals surface area contributed by atoms with E-state index in [9.17, 15) is 4.79 Å². The molecule has 1 unspecified atom stereocenters. The molecule has 0 aliphatic carbocycles. The van der Waals surface area contributed by atoms with Gasteiger partial charge in [0.15, 0.2) is 0 Å². The number of anilines is 1. The first kappa shape index (κ1) is 17.4. The lowest BCUT2D eigenvalue weighted by Gasteiger charge is -2.31. The Morgan fingerprint density at radius 2 is 1.73 bits per heavy atom. The Labute approximate surface area is 159 Å². The van der Waals surface area contributed by atoms with Crippen molar-refractivity contribution in [3.8, 4) is 0 Å². The number of halogens is 1. The number of carbonyl (C=O) groups excluding carboxylic acids is 1. The van der Waals surface area contributed by atoms with Gasteiger partial charge in [-0.05, 0) is 30.2 Å². The van der Waals surface area contributed by atoms with Gasteiger partial charge in [-0.2, -0.15) is 0 Å². The summed E-state index contributed by atoms with van der Waals surface area (Å²) in [5.41, 5.74) is 2.95. The van der Waals surface area contributed by atoms with Crippen LogP contribution in [0.1, 0.15) is 28.3 Å². The van der Waals surface area contributed by atoms with Crippen molar-refractivity contribution < 1.29 is 9.53 Å². The highest BCUT2D eigenvalue weighted by molar-refractivity contribution is 6.31. The van der Waals surface area contributed by atoms with Gasteiger partial charge in [-0.1, -0.05) is 41.9 Å². The predicted octanol–water partition coefficient (Wildman–Crippen LogP) is 3.81. The van der Waals surface area contributed by atoms with Gasteiger partial charge in [0.05, 0.1) is 18.8 Å². The number of nitrogens with zero attached hydrogens (tertiary/aromatic N) is 2. The molecule has 0 N–H and O–H groups in total. The van der Waals surface area contributed by atoms with Gasteiger partial charge in [-0.25, -0.2) is 0 Å². The lowest BCUT2D eigenvalue weighted by molar-refractivity contribution is 0.0790. The van der Waals surface area contributed by atoms with Crippen LogP contribution < -0.4 is 4.90 Å². The number of hydrogen-bond donors (Lipinski definition) is 0. The third kappa shape index (κ3) is 3.44. The second kappa shape index (κ2) is 7.68. The number of amides is 1. The summed E-state index contributed by atoms with van der Waals surface area (Å²) in [5.74, 6) is 0.421. The van der Waals surface area contributed by atoms with E-state index in [1.54, 1.807) is 0 Å². The number of likely N-dealkylation sites (tertiary alicyclic amines) is 1. The van der Waals surface area contributed by atoms with Crippen LogP contribution in [0.15, 0.2) is 48.5 Å². The van der Waals surface area contributed by atoms with Crippen molar-refractivity contribution in [2.75, 3.05) is 44.3 Å². The van der Waals surface area contributed by atoms with Gasteiger partial charge in [0.1, 0.15) is 0 Å². The molecule has 1 atom stereocenters. The molecule has 0 saturated carbocycles. The zero-order chi connectivity index (χ0) is 17.9. The van der Waals surface area contributed by atoms with Crippen molar-refractivity contribution in [2.24, 2.45) is 0 Å². The summed E-state index contributed by atoms with van der Waals surface area (Å²) in [7, 11) is 0. The number of hydrogen-bond acceptors (Lipinski definition) is 3. The fourth-order valence-corrected chi connectivity index (χ4v) is 4.20. The fourth-order valence-electron chi connectivity index (χ4n) is 3.91. The SMILES string of the molecule is O=C(c1ccccc1N1CCOCC1)N1CCC(c2ccccc2Cl)C1. The van der Waals surface area contributed by atoms with E-state index in [4.69, 9.17) is 16.3 Å². The molecule has 2 aromatic carbocycles. The lowest BCUT2D eigenvalue weighted by Crippen LogP contribution is -2.38. The molecule has 0 spiro atoms. The molecule has 4 rings (SSSR count). The van der Waals surface area contributed by atoms with Gasteiger partial charge in [-0.3, -0.25) is 4.79 Å². The van der Waals surface area contributed by atoms with Crippen LogP contribution in [0.3, 0.4) is 0 Å². The van der Waals surface area contributed by atoms with E-state index >= 15 is 0 Å². The number of benzene rings is 2. The lowest BCUT2D eigenvalue weighted by atomic mass is 9.98. The molecule has 2 aliphatic rings. The number of rotatable bonds is 3. The smallest absolute Gasteiger partial charge is 0.255 e. The summed E-state index contributed by atoms with van der Waals surface area (Å²) < 4.78 is 5.45. The molecular formula is C21H23ClN2O2. The van der Waals surface area contributed by atoms with Crippen molar-refractivity contribution >= 4 is 23.2 Å². The summed E-state index contributed by atoms with van der Waals surface area (Å²) in [6.45, 7) is 4.56. The van der Waals surface area contributed by atoms with Crippen LogP contribution in [0.2, 0.25) is 5.02 Å². The molecule has 4 nitrogen and oxygen atoms in total. The zero-order valence-electron chi connectivity index (χ0n) is 14.7. The van der Waals surface area contributed by atoms with Crippen molar-refractivity contribution in [1.29, 1.82) is 0 Å². The van der Waals surface area contributed by atoms with Crippen molar-refractivity contribution in [1.82, 2.24) is 4.90 Å². The summed E-state index contributed by atoms with van der Waals surface area (Å²) >= 11 is 6.35. The molecule has 2 heterocycles. The topological polar surface area (TPSA) is 32.8 Å². The van der Waals surface area contributed by atoms with E-state index < -0.39 is 0 Å². The second-order valence-corrected chi connectivity index (χ2v) is 7.28. The Morgan fingerprint density at radius 1 is 1.00 bits per heavy atom. The molecule has 26 heavy (non-hydrogen) atoms. The molecule has 2 aliphatic heterocycles. The molecule has 5 heteroatoms. The van der Waals surface area contributed by atoms with Crippen LogP contribution >= 0.6 is 11.6 Å². The molecule has 2 aromatic rings. The van der Waals surface area contributed by atoms with Gasteiger partial charge < -0.3 is 14.5 Å². The normalized spacial score (nSPS) is 20.4. The summed E-state index contributed by atoms with van der Waals surface area (Å²) in [5, 5.41) is 0.792. The average Bonchev–Trinajstić information content (AvgIpc) is 3.18. The first-order valence-corrected chi connectivity index (χ1v) is 9.57. The molecule has 0 radical (unpaired) electrons. The quantitative estimate of drug-likeness (QED) is 0.823. The monoisotopic (exact) mass is 370 g/mol. The summed E-state index contributed by atoms with van der Waals surface area (Å²) in [6, 6.07) is 15.9. The van der Waals surface area contributed by atoms with Gasteiger partial charge in [0, 0.05) is 42.8 Å². The standard InChI is InChI=1S/C21H23ClN2O2/c22-19-7-3-1-5-17(19)16-9-10-24(15-16)21(25)18-6-2-4-8-20(18)23-11-13-26-14-12-23/h1-8,16H,9-15H2. The minimum atomic E-state index is 0.113. The van der Waals surface area contributed by atoms with Crippen LogP contribution in [0.5, 0.6) is 0 Å². The van der Waals surface area contributed by atoms with Gasteiger partial charge in [0.2, 0.25) is 0 Å². The maximum atomic E-state index is 13.2. The maximum absolute atomic E-state index is 13.2. The predicted molar refractivity (Wildman–Crippen MR) is 104 cm³/mol. The van der Waals surface area contributed by atoms with Crippen LogP contribution in [-0.4, -0.2) is 50.2 Å². The highest BCUT2D eigenvalue weighted by Crippen LogP contribution is 2.33. The highest BCUT2D eigenvalue weighted by Gasteiger charge is 2.30. The Bertz CT molecular complexity index is 789.